The minimum absolute atomic E-state index is 0.263. The normalized spacial score (nSPS) is 17.0. The molecule has 3 rings (SSSR count). The van der Waals surface area contributed by atoms with Crippen molar-refractivity contribution in [2.45, 2.75) is 19.0 Å². The Labute approximate surface area is 143 Å². The van der Waals surface area contributed by atoms with Gasteiger partial charge in [0.1, 0.15) is 12.6 Å². The highest BCUT2D eigenvalue weighted by Crippen LogP contribution is 2.12. The van der Waals surface area contributed by atoms with Crippen LogP contribution in [0.3, 0.4) is 0 Å². The van der Waals surface area contributed by atoms with E-state index in [1.54, 1.807) is 0 Å². The van der Waals surface area contributed by atoms with Gasteiger partial charge in [0.25, 0.3) is 5.91 Å². The Balaban J connectivity index is 1.55. The van der Waals surface area contributed by atoms with E-state index in [1.165, 1.54) is 11.3 Å². The molecule has 1 fully saturated rings. The highest BCUT2D eigenvalue weighted by molar-refractivity contribution is 7.09. The minimum atomic E-state index is -0.620. The number of hydrogen-bond donors (Lipinski definition) is 2. The monoisotopic (exact) mass is 343 g/mol. The van der Waals surface area contributed by atoms with Gasteiger partial charge in [0.05, 0.1) is 6.54 Å². The summed E-state index contributed by atoms with van der Waals surface area (Å²) in [7, 11) is 0. The smallest absolute Gasteiger partial charge is 0.325 e. The number of imide groups is 1. The second-order valence-electron chi connectivity index (χ2n) is 5.47. The molecule has 0 aliphatic carbocycles. The zero-order chi connectivity index (χ0) is 16.9. The molecule has 1 aliphatic heterocycles. The molecule has 2 aromatic rings. The van der Waals surface area contributed by atoms with Crippen LogP contribution in [0.15, 0.2) is 47.8 Å². The maximum atomic E-state index is 12.4. The summed E-state index contributed by atoms with van der Waals surface area (Å²) in [5.74, 6) is -0.720. The Hall–Kier alpha value is -2.67. The molecule has 0 radical (unpaired) electrons. The lowest BCUT2D eigenvalue weighted by Gasteiger charge is -2.12. The quantitative estimate of drug-likeness (QED) is 0.781. The maximum Gasteiger partial charge on any atom is 0.325 e. The zero-order valence-corrected chi connectivity index (χ0v) is 13.7. The third-order valence-electron chi connectivity index (χ3n) is 3.73. The van der Waals surface area contributed by atoms with Gasteiger partial charge in [-0.25, -0.2) is 4.79 Å². The Morgan fingerprint density at radius 2 is 1.96 bits per heavy atom. The maximum absolute atomic E-state index is 12.4. The summed E-state index contributed by atoms with van der Waals surface area (Å²) in [5.41, 5.74) is 0.958. The molecule has 0 saturated carbocycles. The van der Waals surface area contributed by atoms with E-state index in [0.29, 0.717) is 13.0 Å². The van der Waals surface area contributed by atoms with Crippen LogP contribution < -0.4 is 10.6 Å². The lowest BCUT2D eigenvalue weighted by atomic mass is 10.1. The second kappa shape index (κ2) is 7.27. The average Bonchev–Trinajstić information content (AvgIpc) is 3.18. The molecule has 1 unspecified atom stereocenters. The number of carbonyl (C=O) groups is 3. The lowest BCUT2D eigenvalue weighted by Crippen LogP contribution is -2.41. The molecule has 4 amide bonds. The van der Waals surface area contributed by atoms with Gasteiger partial charge in [0, 0.05) is 11.3 Å². The summed E-state index contributed by atoms with van der Waals surface area (Å²) < 4.78 is 0. The van der Waals surface area contributed by atoms with Crippen LogP contribution in [-0.2, 0) is 22.6 Å². The van der Waals surface area contributed by atoms with Gasteiger partial charge in [0.2, 0.25) is 5.91 Å². The lowest BCUT2D eigenvalue weighted by molar-refractivity contribution is -0.132. The topological polar surface area (TPSA) is 78.5 Å². The molecule has 2 N–H and O–H groups in total. The van der Waals surface area contributed by atoms with E-state index >= 15 is 0 Å². The van der Waals surface area contributed by atoms with Crippen molar-refractivity contribution in [3.8, 4) is 0 Å². The number of hydrogen-bond acceptors (Lipinski definition) is 4. The number of amides is 4. The molecule has 7 heteroatoms. The molecule has 0 bridgehead atoms. The van der Waals surface area contributed by atoms with Crippen molar-refractivity contribution in [1.29, 1.82) is 0 Å². The van der Waals surface area contributed by atoms with Gasteiger partial charge < -0.3 is 10.6 Å². The van der Waals surface area contributed by atoms with Crippen molar-refractivity contribution in [2.75, 3.05) is 6.54 Å². The number of thiophene rings is 1. The van der Waals surface area contributed by atoms with Crippen LogP contribution in [0.25, 0.3) is 0 Å². The first-order valence-corrected chi connectivity index (χ1v) is 8.46. The van der Waals surface area contributed by atoms with Crippen molar-refractivity contribution in [3.63, 3.8) is 0 Å². The first kappa shape index (κ1) is 16.2. The predicted molar refractivity (Wildman–Crippen MR) is 90.3 cm³/mol. The van der Waals surface area contributed by atoms with Crippen molar-refractivity contribution in [3.05, 3.63) is 58.3 Å². The Morgan fingerprint density at radius 1 is 1.17 bits per heavy atom. The van der Waals surface area contributed by atoms with Gasteiger partial charge in [-0.15, -0.1) is 11.3 Å². The fourth-order valence-corrected chi connectivity index (χ4v) is 3.16. The molecule has 1 aromatic carbocycles. The highest BCUT2D eigenvalue weighted by atomic mass is 32.1. The molecule has 124 valence electrons. The van der Waals surface area contributed by atoms with Gasteiger partial charge in [-0.1, -0.05) is 36.4 Å². The predicted octanol–water partition coefficient (Wildman–Crippen LogP) is 1.53. The summed E-state index contributed by atoms with van der Waals surface area (Å²) in [4.78, 5) is 38.3. The summed E-state index contributed by atoms with van der Waals surface area (Å²) in [6.45, 7) is 0.134. The number of nitrogens with one attached hydrogen (secondary N) is 2. The Morgan fingerprint density at radius 3 is 2.67 bits per heavy atom. The van der Waals surface area contributed by atoms with Crippen molar-refractivity contribution >= 4 is 29.2 Å². The first-order valence-electron chi connectivity index (χ1n) is 7.58. The van der Waals surface area contributed by atoms with E-state index in [0.717, 1.165) is 15.3 Å². The second-order valence-corrected chi connectivity index (χ2v) is 6.50. The first-order chi connectivity index (χ1) is 11.6. The van der Waals surface area contributed by atoms with E-state index in [1.807, 2.05) is 47.8 Å². The zero-order valence-electron chi connectivity index (χ0n) is 12.9. The van der Waals surface area contributed by atoms with Gasteiger partial charge >= 0.3 is 6.03 Å². The summed E-state index contributed by atoms with van der Waals surface area (Å²) in [5, 5.41) is 7.28. The SMILES string of the molecule is O=C(CN1C(=O)NC(Cc2ccccc2)C1=O)NCc1cccs1. The number of rotatable bonds is 6. The van der Waals surface area contributed by atoms with E-state index < -0.39 is 12.1 Å². The number of nitrogens with zero attached hydrogens (tertiary/aromatic N) is 1. The van der Waals surface area contributed by atoms with Crippen LogP contribution in [0.5, 0.6) is 0 Å². The number of urea groups is 1. The highest BCUT2D eigenvalue weighted by Gasteiger charge is 2.38. The molecule has 0 spiro atoms. The van der Waals surface area contributed by atoms with Gasteiger partial charge in [-0.05, 0) is 17.0 Å². The van der Waals surface area contributed by atoms with Gasteiger partial charge in [-0.3, -0.25) is 14.5 Å². The molecular formula is C17H17N3O3S. The largest absolute Gasteiger partial charge is 0.350 e. The summed E-state index contributed by atoms with van der Waals surface area (Å²) in [6.07, 6.45) is 0.415. The van der Waals surface area contributed by atoms with Crippen molar-refractivity contribution in [1.82, 2.24) is 15.5 Å². The third kappa shape index (κ3) is 3.80. The molecule has 2 heterocycles. The van der Waals surface area contributed by atoms with Crippen LogP contribution >= 0.6 is 11.3 Å². The molecule has 1 aromatic heterocycles. The average molecular weight is 343 g/mol. The third-order valence-corrected chi connectivity index (χ3v) is 4.61. The molecular weight excluding hydrogens is 326 g/mol. The standard InChI is InChI=1S/C17H17N3O3S/c21-15(18-10-13-7-4-8-24-13)11-20-16(22)14(19-17(20)23)9-12-5-2-1-3-6-12/h1-8,14H,9-11H2,(H,18,21)(H,19,23). The summed E-state index contributed by atoms with van der Waals surface area (Å²) >= 11 is 1.54. The molecule has 6 nitrogen and oxygen atoms in total. The van der Waals surface area contributed by atoms with E-state index in [9.17, 15) is 14.4 Å². The number of carbonyl (C=O) groups excluding carboxylic acids is 3. The van der Waals surface area contributed by atoms with E-state index in [2.05, 4.69) is 10.6 Å². The van der Waals surface area contributed by atoms with Crippen LogP contribution in [0, 0.1) is 0 Å². The number of benzene rings is 1. The molecule has 1 atom stereocenters. The molecule has 24 heavy (non-hydrogen) atoms. The Bertz CT molecular complexity index is 731. The van der Waals surface area contributed by atoms with Crippen molar-refractivity contribution < 1.29 is 14.4 Å². The van der Waals surface area contributed by atoms with E-state index in [4.69, 9.17) is 0 Å². The Kier molecular flexibility index (Phi) is 4.90. The van der Waals surface area contributed by atoms with Crippen LogP contribution in [-0.4, -0.2) is 35.3 Å². The fourth-order valence-electron chi connectivity index (χ4n) is 2.51. The van der Waals surface area contributed by atoms with Crippen LogP contribution in [0.2, 0.25) is 0 Å². The van der Waals surface area contributed by atoms with Crippen LogP contribution in [0.4, 0.5) is 4.79 Å². The van der Waals surface area contributed by atoms with E-state index in [-0.39, 0.29) is 18.4 Å². The van der Waals surface area contributed by atoms with Gasteiger partial charge in [-0.2, -0.15) is 0 Å². The minimum Gasteiger partial charge on any atom is -0.350 e. The van der Waals surface area contributed by atoms with Crippen LogP contribution in [0.1, 0.15) is 10.4 Å². The van der Waals surface area contributed by atoms with Crippen molar-refractivity contribution in [2.24, 2.45) is 0 Å². The van der Waals surface area contributed by atoms with Gasteiger partial charge in [0.15, 0.2) is 0 Å². The fraction of sp³-hybridized carbons (Fsp3) is 0.235. The summed E-state index contributed by atoms with van der Waals surface area (Å²) in [6, 6.07) is 12.1. The molecule has 1 saturated heterocycles. The molecule has 1 aliphatic rings.